The first-order valence-corrected chi connectivity index (χ1v) is 12.0. The number of piperidine rings is 1. The highest BCUT2D eigenvalue weighted by Gasteiger charge is 2.43. The molecule has 0 spiro atoms. The Kier molecular flexibility index (Phi) is 7.75. The van der Waals surface area contributed by atoms with E-state index in [1.54, 1.807) is 0 Å². The van der Waals surface area contributed by atoms with Gasteiger partial charge in [-0.1, -0.05) is 19.9 Å². The van der Waals surface area contributed by atoms with Crippen molar-refractivity contribution in [2.24, 2.45) is 17.3 Å². The van der Waals surface area contributed by atoms with Crippen LogP contribution in [-0.4, -0.2) is 69.2 Å². The van der Waals surface area contributed by atoms with Crippen molar-refractivity contribution in [3.8, 4) is 11.6 Å². The first-order chi connectivity index (χ1) is 16.0. The molecule has 0 bridgehead atoms. The standard InChI is InChI=1S/C25H36N2O6/c1-18(2)15-31-20-5-4-6-21-22(20)23(26-33-21)32-16-19-7-11-27(12-8-19)17-25(24(28)29-3)9-13-30-14-10-25/h4-6,18-19H,7-17H2,1-3H3. The van der Waals surface area contributed by atoms with Crippen LogP contribution in [-0.2, 0) is 14.3 Å². The third-order valence-electron chi connectivity index (χ3n) is 6.76. The highest BCUT2D eigenvalue weighted by Crippen LogP contribution is 2.36. The summed E-state index contributed by atoms with van der Waals surface area (Å²) >= 11 is 0. The van der Waals surface area contributed by atoms with Crippen LogP contribution in [0.1, 0.15) is 39.5 Å². The van der Waals surface area contributed by atoms with Gasteiger partial charge in [-0.15, -0.1) is 0 Å². The van der Waals surface area contributed by atoms with Gasteiger partial charge in [0.25, 0.3) is 5.88 Å². The predicted molar refractivity (Wildman–Crippen MR) is 124 cm³/mol. The molecule has 33 heavy (non-hydrogen) atoms. The maximum atomic E-state index is 12.5. The van der Waals surface area contributed by atoms with Crippen molar-refractivity contribution in [1.29, 1.82) is 0 Å². The van der Waals surface area contributed by atoms with Crippen LogP contribution in [0.25, 0.3) is 11.0 Å². The highest BCUT2D eigenvalue weighted by molar-refractivity contribution is 5.88. The zero-order valence-corrected chi connectivity index (χ0v) is 20.0. The van der Waals surface area contributed by atoms with Crippen molar-refractivity contribution in [3.63, 3.8) is 0 Å². The SMILES string of the molecule is COC(=O)C1(CN2CCC(COc3noc4cccc(OCC(C)C)c34)CC2)CCOCC1. The fourth-order valence-electron chi connectivity index (χ4n) is 4.75. The molecule has 2 saturated heterocycles. The van der Waals surface area contributed by atoms with E-state index in [9.17, 15) is 4.79 Å². The Morgan fingerprint density at radius 1 is 1.21 bits per heavy atom. The van der Waals surface area contributed by atoms with Crippen molar-refractivity contribution in [2.75, 3.05) is 53.2 Å². The van der Waals surface area contributed by atoms with Gasteiger partial charge in [-0.25, -0.2) is 0 Å². The minimum Gasteiger partial charge on any atom is -0.492 e. The lowest BCUT2D eigenvalue weighted by Crippen LogP contribution is -2.49. The molecule has 1 aromatic heterocycles. The molecule has 0 saturated carbocycles. The molecule has 0 atom stereocenters. The highest BCUT2D eigenvalue weighted by atomic mass is 16.5. The van der Waals surface area contributed by atoms with E-state index >= 15 is 0 Å². The Bertz CT molecular complexity index is 913. The topological polar surface area (TPSA) is 83.3 Å². The monoisotopic (exact) mass is 460 g/mol. The zero-order chi connectivity index (χ0) is 23.3. The average molecular weight is 461 g/mol. The Labute approximate surface area is 195 Å². The van der Waals surface area contributed by atoms with E-state index in [1.165, 1.54) is 7.11 Å². The number of fused-ring (bicyclic) bond motifs is 1. The zero-order valence-electron chi connectivity index (χ0n) is 20.0. The maximum Gasteiger partial charge on any atom is 0.313 e. The van der Waals surface area contributed by atoms with Gasteiger partial charge in [0.05, 0.1) is 25.7 Å². The number of carbonyl (C=O) groups excluding carboxylic acids is 1. The molecular weight excluding hydrogens is 424 g/mol. The van der Waals surface area contributed by atoms with Crippen LogP contribution in [0.4, 0.5) is 0 Å². The second kappa shape index (κ2) is 10.7. The summed E-state index contributed by atoms with van der Waals surface area (Å²) in [5, 5.41) is 4.95. The van der Waals surface area contributed by atoms with Crippen LogP contribution in [0, 0.1) is 17.3 Å². The molecule has 8 heteroatoms. The van der Waals surface area contributed by atoms with Crippen LogP contribution in [0.3, 0.4) is 0 Å². The fourth-order valence-corrected chi connectivity index (χ4v) is 4.75. The molecule has 0 aliphatic carbocycles. The number of carbonyl (C=O) groups is 1. The minimum atomic E-state index is -0.442. The third kappa shape index (κ3) is 5.61. The lowest BCUT2D eigenvalue weighted by molar-refractivity contribution is -0.160. The molecule has 3 heterocycles. The summed E-state index contributed by atoms with van der Waals surface area (Å²) in [5.74, 6) is 2.00. The van der Waals surface area contributed by atoms with Gasteiger partial charge in [0.1, 0.15) is 11.1 Å². The van der Waals surface area contributed by atoms with Gasteiger partial charge in [-0.05, 0) is 67.9 Å². The summed E-state index contributed by atoms with van der Waals surface area (Å²) < 4.78 is 28.2. The second-order valence-corrected chi connectivity index (χ2v) is 9.74. The van der Waals surface area contributed by atoms with Crippen LogP contribution in [0.5, 0.6) is 11.6 Å². The number of rotatable bonds is 9. The number of likely N-dealkylation sites (tertiary alicyclic amines) is 1. The molecule has 2 aliphatic heterocycles. The van der Waals surface area contributed by atoms with Crippen molar-refractivity contribution in [2.45, 2.75) is 39.5 Å². The molecule has 2 aliphatic rings. The number of hydrogen-bond acceptors (Lipinski definition) is 8. The van der Waals surface area contributed by atoms with Gasteiger partial charge < -0.3 is 28.4 Å². The third-order valence-corrected chi connectivity index (χ3v) is 6.76. The number of aromatic nitrogens is 1. The van der Waals surface area contributed by atoms with Crippen LogP contribution >= 0.6 is 0 Å². The summed E-state index contributed by atoms with van der Waals surface area (Å²) in [7, 11) is 1.48. The molecule has 0 radical (unpaired) electrons. The maximum absolute atomic E-state index is 12.5. The van der Waals surface area contributed by atoms with Crippen molar-refractivity contribution < 1.29 is 28.3 Å². The van der Waals surface area contributed by atoms with Crippen LogP contribution in [0.15, 0.2) is 22.7 Å². The van der Waals surface area contributed by atoms with Crippen LogP contribution in [0.2, 0.25) is 0 Å². The molecule has 8 nitrogen and oxygen atoms in total. The van der Waals surface area contributed by atoms with E-state index in [2.05, 4.69) is 23.9 Å². The molecule has 1 aromatic carbocycles. The first-order valence-electron chi connectivity index (χ1n) is 12.0. The summed E-state index contributed by atoms with van der Waals surface area (Å²) in [5.41, 5.74) is 0.230. The molecular formula is C25H36N2O6. The predicted octanol–water partition coefficient (Wildman–Crippen LogP) is 3.92. The second-order valence-electron chi connectivity index (χ2n) is 9.74. The number of benzene rings is 1. The fraction of sp³-hybridized carbons (Fsp3) is 0.680. The van der Waals surface area contributed by atoms with Crippen LogP contribution < -0.4 is 9.47 Å². The van der Waals surface area contributed by atoms with Crippen molar-refractivity contribution in [3.05, 3.63) is 18.2 Å². The Balaban J connectivity index is 1.32. The molecule has 0 unspecified atom stereocenters. The van der Waals surface area contributed by atoms with E-state index in [0.29, 0.717) is 49.7 Å². The summed E-state index contributed by atoms with van der Waals surface area (Å²) in [6.07, 6.45) is 3.48. The quantitative estimate of drug-likeness (QED) is 0.521. The van der Waals surface area contributed by atoms with E-state index in [1.807, 2.05) is 18.2 Å². The Hall–Kier alpha value is -2.32. The summed E-state index contributed by atoms with van der Waals surface area (Å²) in [4.78, 5) is 14.9. The first kappa shape index (κ1) is 23.8. The van der Waals surface area contributed by atoms with E-state index in [-0.39, 0.29) is 5.97 Å². The molecule has 0 N–H and O–H groups in total. The molecule has 2 fully saturated rings. The van der Waals surface area contributed by atoms with E-state index in [0.717, 1.165) is 56.5 Å². The van der Waals surface area contributed by atoms with E-state index in [4.69, 9.17) is 23.5 Å². The van der Waals surface area contributed by atoms with Gasteiger partial charge in [-0.3, -0.25) is 4.79 Å². The number of methoxy groups -OCH3 is 1. The molecule has 2 aromatic rings. The molecule has 182 valence electrons. The average Bonchev–Trinajstić information content (AvgIpc) is 3.26. The number of esters is 1. The molecule has 4 rings (SSSR count). The van der Waals surface area contributed by atoms with Gasteiger partial charge in [0, 0.05) is 19.8 Å². The van der Waals surface area contributed by atoms with Gasteiger partial charge >= 0.3 is 5.97 Å². The number of hydrogen-bond donors (Lipinski definition) is 0. The Morgan fingerprint density at radius 3 is 2.67 bits per heavy atom. The minimum absolute atomic E-state index is 0.107. The van der Waals surface area contributed by atoms with Gasteiger partial charge in [0.15, 0.2) is 5.58 Å². The van der Waals surface area contributed by atoms with E-state index < -0.39 is 5.41 Å². The summed E-state index contributed by atoms with van der Waals surface area (Å²) in [6.45, 7) is 9.30. The lowest BCUT2D eigenvalue weighted by Gasteiger charge is -2.41. The molecule has 0 amide bonds. The largest absolute Gasteiger partial charge is 0.492 e. The van der Waals surface area contributed by atoms with Gasteiger partial charge in [-0.2, -0.15) is 0 Å². The van der Waals surface area contributed by atoms with Crippen molar-refractivity contribution in [1.82, 2.24) is 10.1 Å². The Morgan fingerprint density at radius 2 is 1.97 bits per heavy atom. The lowest BCUT2D eigenvalue weighted by atomic mass is 9.79. The van der Waals surface area contributed by atoms with Gasteiger partial charge in [0.2, 0.25) is 0 Å². The normalized spacial score (nSPS) is 19.6. The summed E-state index contributed by atoms with van der Waals surface area (Å²) in [6, 6.07) is 5.71. The van der Waals surface area contributed by atoms with Crippen molar-refractivity contribution >= 4 is 16.9 Å². The number of ether oxygens (including phenoxy) is 4. The smallest absolute Gasteiger partial charge is 0.313 e. The number of nitrogens with zero attached hydrogens (tertiary/aromatic N) is 2.